The van der Waals surface area contributed by atoms with Crippen LogP contribution in [0.25, 0.3) is 21.9 Å². The van der Waals surface area contributed by atoms with E-state index in [-0.39, 0.29) is 28.2 Å². The summed E-state index contributed by atoms with van der Waals surface area (Å²) in [5, 5.41) is 44.0. The van der Waals surface area contributed by atoms with Crippen molar-refractivity contribution in [2.24, 2.45) is 30.7 Å². The lowest BCUT2D eigenvalue weighted by Gasteiger charge is -2.14. The molecule has 0 aliphatic heterocycles. The fourth-order valence-corrected chi connectivity index (χ4v) is 6.99. The number of phenolic OH excluding ortho intramolecular Hbond substituents is 2. The Labute approximate surface area is 317 Å². The number of anilines is 2. The van der Waals surface area contributed by atoms with Crippen LogP contribution >= 0.6 is 0 Å². The minimum atomic E-state index is -5.18. The van der Waals surface area contributed by atoms with E-state index in [1.165, 1.54) is 24.3 Å². The third kappa shape index (κ3) is 8.49. The number of rotatable bonds is 10. The number of fused-ring (bicyclic) bond motifs is 1. The van der Waals surface area contributed by atoms with Gasteiger partial charge in [0.25, 0.3) is 30.4 Å². The lowest BCUT2D eigenvalue weighted by Crippen LogP contribution is -2.03. The molecule has 22 heteroatoms. The van der Waals surface area contributed by atoms with Gasteiger partial charge in [0.2, 0.25) is 0 Å². The number of phenols is 2. The maximum absolute atomic E-state index is 12.5. The molecular formula is C34H26N8O11S3. The first-order valence-corrected chi connectivity index (χ1v) is 19.8. The van der Waals surface area contributed by atoms with Gasteiger partial charge in [-0.05, 0) is 89.3 Å². The number of nitrogens with two attached hydrogens (primary N) is 2. The average molecular weight is 819 g/mol. The summed E-state index contributed by atoms with van der Waals surface area (Å²) in [6.45, 7) is 0. The van der Waals surface area contributed by atoms with Crippen LogP contribution in [0.3, 0.4) is 0 Å². The number of hydrogen-bond donors (Lipinski definition) is 7. The van der Waals surface area contributed by atoms with Crippen LogP contribution in [0.1, 0.15) is 0 Å². The van der Waals surface area contributed by atoms with E-state index in [1.54, 1.807) is 42.5 Å². The Kier molecular flexibility index (Phi) is 10.4. The maximum Gasteiger partial charge on any atom is 0.296 e. The Balaban J connectivity index is 1.33. The number of aromatic hydroxyl groups is 2. The summed E-state index contributed by atoms with van der Waals surface area (Å²) in [5.74, 6) is -1.11. The van der Waals surface area contributed by atoms with Gasteiger partial charge in [-0.25, -0.2) is 0 Å². The Bertz CT molecular complexity index is 2960. The van der Waals surface area contributed by atoms with Crippen molar-refractivity contribution in [2.75, 3.05) is 11.5 Å². The van der Waals surface area contributed by atoms with E-state index >= 15 is 0 Å². The first kappa shape index (κ1) is 39.0. The lowest BCUT2D eigenvalue weighted by atomic mass is 10.0. The predicted octanol–water partition coefficient (Wildman–Crippen LogP) is 8.07. The molecule has 0 radical (unpaired) electrons. The number of hydrogen-bond acceptors (Lipinski definition) is 16. The molecule has 6 aromatic carbocycles. The van der Waals surface area contributed by atoms with Crippen molar-refractivity contribution >= 4 is 86.6 Å². The highest BCUT2D eigenvalue weighted by molar-refractivity contribution is 7.86. The fraction of sp³-hybridized carbons (Fsp3) is 0. The van der Waals surface area contributed by atoms with Crippen LogP contribution in [0, 0.1) is 0 Å². The SMILES string of the molecule is Nc1ccc(N=Nc2ccc(-c3ccc(N=Nc4c(S(=O)(=O)O)cc5cc(S(=O)(=O)O)c(N=Nc6ccc(S(=O)(=O)O)cc6)c(O)c5c4N)cc3)cc2)c(O)c1. The molecule has 0 saturated heterocycles. The lowest BCUT2D eigenvalue weighted by molar-refractivity contribution is 0.472. The Hall–Kier alpha value is -6.69. The van der Waals surface area contributed by atoms with E-state index in [0.29, 0.717) is 11.4 Å². The zero-order chi connectivity index (χ0) is 40.6. The minimum Gasteiger partial charge on any atom is -0.506 e. The monoisotopic (exact) mass is 818 g/mol. The Morgan fingerprint density at radius 1 is 0.482 bits per heavy atom. The van der Waals surface area contributed by atoms with Gasteiger partial charge in [0, 0.05) is 11.8 Å². The van der Waals surface area contributed by atoms with Gasteiger partial charge < -0.3 is 21.7 Å². The molecule has 0 heterocycles. The van der Waals surface area contributed by atoms with Gasteiger partial charge in [0.05, 0.1) is 33.0 Å². The van der Waals surface area contributed by atoms with Gasteiger partial charge in [-0.2, -0.15) is 40.6 Å². The zero-order valence-electron chi connectivity index (χ0n) is 28.1. The molecule has 0 aliphatic rings. The molecule has 0 unspecified atom stereocenters. The highest BCUT2D eigenvalue weighted by Gasteiger charge is 2.28. The minimum absolute atomic E-state index is 0.0795. The number of nitrogen functional groups attached to an aromatic ring is 2. The highest BCUT2D eigenvalue weighted by atomic mass is 32.2. The third-order valence-electron chi connectivity index (χ3n) is 7.88. The van der Waals surface area contributed by atoms with Crippen LogP contribution < -0.4 is 11.5 Å². The molecule has 286 valence electrons. The second-order valence-electron chi connectivity index (χ2n) is 11.7. The molecule has 0 fully saturated rings. The molecule has 0 bridgehead atoms. The highest BCUT2D eigenvalue weighted by Crippen LogP contribution is 2.48. The van der Waals surface area contributed by atoms with Gasteiger partial charge in [0.15, 0.2) is 5.75 Å². The van der Waals surface area contributed by atoms with Crippen molar-refractivity contribution in [3.05, 3.63) is 103 Å². The Morgan fingerprint density at radius 3 is 1.39 bits per heavy atom. The number of benzene rings is 6. The van der Waals surface area contributed by atoms with Gasteiger partial charge in [-0.3, -0.25) is 13.7 Å². The summed E-state index contributed by atoms with van der Waals surface area (Å²) in [6, 6.07) is 23.5. The molecule has 6 rings (SSSR count). The smallest absolute Gasteiger partial charge is 0.296 e. The van der Waals surface area contributed by atoms with E-state index in [2.05, 4.69) is 30.7 Å². The summed E-state index contributed by atoms with van der Waals surface area (Å²) in [7, 11) is -14.8. The average Bonchev–Trinajstić information content (AvgIpc) is 3.13. The summed E-state index contributed by atoms with van der Waals surface area (Å²) >= 11 is 0. The standard InChI is InChI=1S/C34H26N8O11S3/c35-21-5-14-26(27(43)17-21)40-37-22-6-1-18(2-7-22)19-3-8-23(9-4-19)38-41-32-28(55(48,49)50)15-20-16-29(56(51,52)53)33(34(44)30(20)31(32)36)42-39-24-10-12-25(13-11-24)54(45,46)47/h1-17,43-44H,35-36H2,(H,45,46,47)(H,48,49,50)(H,51,52,53). The van der Waals surface area contributed by atoms with Crippen LogP contribution in [-0.2, 0) is 30.4 Å². The second kappa shape index (κ2) is 14.9. The molecular weight excluding hydrogens is 793 g/mol. The van der Waals surface area contributed by atoms with Crippen LogP contribution in [0.5, 0.6) is 11.5 Å². The molecule has 0 spiro atoms. The van der Waals surface area contributed by atoms with Crippen LogP contribution in [0.2, 0.25) is 0 Å². The molecule has 0 aromatic heterocycles. The molecule has 19 nitrogen and oxygen atoms in total. The van der Waals surface area contributed by atoms with Crippen molar-refractivity contribution in [3.8, 4) is 22.6 Å². The van der Waals surface area contributed by atoms with E-state index in [0.717, 1.165) is 47.5 Å². The van der Waals surface area contributed by atoms with Crippen LogP contribution in [0.15, 0.2) is 149 Å². The quantitative estimate of drug-likeness (QED) is 0.0391. The summed E-state index contributed by atoms with van der Waals surface area (Å²) < 4.78 is 101. The molecule has 6 aromatic rings. The Morgan fingerprint density at radius 2 is 0.929 bits per heavy atom. The van der Waals surface area contributed by atoms with Gasteiger partial charge in [-0.1, -0.05) is 24.3 Å². The van der Waals surface area contributed by atoms with Crippen LogP contribution in [-0.4, -0.2) is 49.1 Å². The van der Waals surface area contributed by atoms with Crippen molar-refractivity contribution in [1.82, 2.24) is 0 Å². The normalized spacial score (nSPS) is 12.7. The molecule has 0 atom stereocenters. The van der Waals surface area contributed by atoms with Gasteiger partial charge in [0.1, 0.15) is 32.6 Å². The first-order chi connectivity index (χ1) is 26.3. The third-order valence-corrected chi connectivity index (χ3v) is 10.5. The van der Waals surface area contributed by atoms with Crippen molar-refractivity contribution in [1.29, 1.82) is 0 Å². The van der Waals surface area contributed by atoms with Crippen molar-refractivity contribution < 1.29 is 49.1 Å². The largest absolute Gasteiger partial charge is 0.506 e. The number of azo groups is 3. The summed E-state index contributed by atoms with van der Waals surface area (Å²) in [5.41, 5.74) is 12.6. The van der Waals surface area contributed by atoms with Gasteiger partial charge >= 0.3 is 0 Å². The molecule has 0 aliphatic carbocycles. The van der Waals surface area contributed by atoms with Crippen molar-refractivity contribution in [2.45, 2.75) is 14.7 Å². The summed E-state index contributed by atoms with van der Waals surface area (Å²) in [4.78, 5) is -2.43. The molecule has 56 heavy (non-hydrogen) atoms. The van der Waals surface area contributed by atoms with Gasteiger partial charge in [-0.15, -0.1) is 15.3 Å². The molecule has 0 amide bonds. The summed E-state index contributed by atoms with van der Waals surface area (Å²) in [6.07, 6.45) is 0. The maximum atomic E-state index is 12.5. The van der Waals surface area contributed by atoms with Crippen LogP contribution in [0.4, 0.5) is 45.5 Å². The zero-order valence-corrected chi connectivity index (χ0v) is 30.5. The first-order valence-electron chi connectivity index (χ1n) is 15.5. The fourth-order valence-electron chi connectivity index (χ4n) is 5.18. The molecule has 0 saturated carbocycles. The predicted molar refractivity (Wildman–Crippen MR) is 203 cm³/mol. The number of nitrogens with zero attached hydrogens (tertiary/aromatic N) is 6. The van der Waals surface area contributed by atoms with Crippen molar-refractivity contribution in [3.63, 3.8) is 0 Å². The second-order valence-corrected chi connectivity index (χ2v) is 15.9. The molecule has 9 N–H and O–H groups in total. The van der Waals surface area contributed by atoms with E-state index in [9.17, 15) is 49.1 Å². The topological polar surface area (TPSA) is 330 Å². The van der Waals surface area contributed by atoms with E-state index in [4.69, 9.17) is 11.5 Å². The van der Waals surface area contributed by atoms with E-state index < -0.39 is 73.2 Å². The van der Waals surface area contributed by atoms with E-state index in [1.807, 2.05) is 0 Å².